The molecule has 1 N–H and O–H groups in total. The molecule has 0 atom stereocenters. The first-order chi connectivity index (χ1) is 15.6. The minimum Gasteiger partial charge on any atom is -0.493 e. The Balaban J connectivity index is 1.17. The normalized spacial score (nSPS) is 14.5. The first kappa shape index (κ1) is 22.6. The Kier molecular flexibility index (Phi) is 7.68. The van der Waals surface area contributed by atoms with Crippen molar-refractivity contribution in [2.24, 2.45) is 0 Å². The van der Waals surface area contributed by atoms with E-state index >= 15 is 0 Å². The molecule has 9 heteroatoms. The molecule has 0 bridgehead atoms. The average Bonchev–Trinajstić information content (AvgIpc) is 3.24. The average molecular weight is 475 g/mol. The fourth-order valence-electron chi connectivity index (χ4n) is 3.65. The summed E-state index contributed by atoms with van der Waals surface area (Å²) in [7, 11) is 1.62. The van der Waals surface area contributed by atoms with E-state index in [9.17, 15) is 4.79 Å². The van der Waals surface area contributed by atoms with Crippen molar-refractivity contribution in [2.75, 3.05) is 57.9 Å². The van der Waals surface area contributed by atoms with Crippen LogP contribution in [0.15, 0.2) is 42.5 Å². The molecular formula is C23H27ClN4O3S. The number of halogens is 1. The largest absolute Gasteiger partial charge is 0.493 e. The third-order valence-corrected chi connectivity index (χ3v) is 6.77. The van der Waals surface area contributed by atoms with Crippen molar-refractivity contribution in [3.8, 4) is 11.5 Å². The molecule has 2 heterocycles. The molecule has 1 aromatic heterocycles. The van der Waals surface area contributed by atoms with Crippen molar-refractivity contribution >= 4 is 44.2 Å². The molecule has 7 nitrogen and oxygen atoms in total. The number of benzene rings is 2. The number of nitrogens with one attached hydrogen (secondary N) is 1. The van der Waals surface area contributed by atoms with Gasteiger partial charge in [-0.15, -0.1) is 0 Å². The first-order valence-electron chi connectivity index (χ1n) is 10.7. The Morgan fingerprint density at radius 1 is 1.16 bits per heavy atom. The van der Waals surface area contributed by atoms with E-state index in [0.29, 0.717) is 30.3 Å². The molecular weight excluding hydrogens is 448 g/mol. The van der Waals surface area contributed by atoms with Gasteiger partial charge in [-0.1, -0.05) is 41.1 Å². The number of thiazole rings is 1. The highest BCUT2D eigenvalue weighted by atomic mass is 35.5. The number of hydrogen-bond donors (Lipinski definition) is 1. The van der Waals surface area contributed by atoms with Gasteiger partial charge in [0.15, 0.2) is 10.9 Å². The molecule has 4 rings (SSSR count). The Labute approximate surface area is 196 Å². The number of methoxy groups -OCH3 is 1. The summed E-state index contributed by atoms with van der Waals surface area (Å²) in [6.45, 7) is 5.52. The van der Waals surface area contributed by atoms with E-state index in [0.717, 1.165) is 53.8 Å². The van der Waals surface area contributed by atoms with Gasteiger partial charge in [-0.05, 0) is 24.3 Å². The predicted molar refractivity (Wildman–Crippen MR) is 129 cm³/mol. The zero-order valence-corrected chi connectivity index (χ0v) is 19.6. The van der Waals surface area contributed by atoms with Gasteiger partial charge in [-0.25, -0.2) is 4.98 Å². The van der Waals surface area contributed by atoms with E-state index in [4.69, 9.17) is 26.1 Å². The predicted octanol–water partition coefficient (Wildman–Crippen LogP) is 3.67. The maximum atomic E-state index is 12.0. The molecule has 1 aliphatic rings. The summed E-state index contributed by atoms with van der Waals surface area (Å²) in [5.74, 6) is 1.43. The lowest BCUT2D eigenvalue weighted by Crippen LogP contribution is -2.48. The quantitative estimate of drug-likeness (QED) is 0.510. The number of hydrogen-bond acceptors (Lipinski definition) is 7. The molecule has 2 aromatic carbocycles. The summed E-state index contributed by atoms with van der Waals surface area (Å²) in [4.78, 5) is 21.5. The number of para-hydroxylation sites is 1. The van der Waals surface area contributed by atoms with Crippen molar-refractivity contribution in [1.82, 2.24) is 15.2 Å². The van der Waals surface area contributed by atoms with Crippen LogP contribution in [0.4, 0.5) is 5.13 Å². The smallest absolute Gasteiger partial charge is 0.223 e. The minimum atomic E-state index is 0.0154. The van der Waals surface area contributed by atoms with Crippen molar-refractivity contribution < 1.29 is 14.3 Å². The molecule has 1 amide bonds. The Hall–Kier alpha value is -2.55. The molecule has 0 spiro atoms. The van der Waals surface area contributed by atoms with Crippen LogP contribution in [0, 0.1) is 0 Å². The molecule has 1 saturated heterocycles. The second kappa shape index (κ2) is 10.8. The lowest BCUT2D eigenvalue weighted by atomic mass is 10.3. The summed E-state index contributed by atoms with van der Waals surface area (Å²) < 4.78 is 12.1. The zero-order valence-electron chi connectivity index (χ0n) is 18.1. The van der Waals surface area contributed by atoms with E-state index < -0.39 is 0 Å². The van der Waals surface area contributed by atoms with Gasteiger partial charge in [0.2, 0.25) is 5.91 Å². The van der Waals surface area contributed by atoms with Crippen LogP contribution in [0.2, 0.25) is 5.02 Å². The maximum absolute atomic E-state index is 12.0. The van der Waals surface area contributed by atoms with Gasteiger partial charge in [-0.2, -0.15) is 0 Å². The summed E-state index contributed by atoms with van der Waals surface area (Å²) in [6, 6.07) is 13.4. The molecule has 1 fully saturated rings. The summed E-state index contributed by atoms with van der Waals surface area (Å²) in [5.41, 5.74) is 0.821. The minimum absolute atomic E-state index is 0.0154. The lowest BCUT2D eigenvalue weighted by molar-refractivity contribution is -0.121. The monoisotopic (exact) mass is 474 g/mol. The fraction of sp³-hybridized carbons (Fsp3) is 0.391. The van der Waals surface area contributed by atoms with Crippen LogP contribution >= 0.6 is 22.9 Å². The molecule has 0 unspecified atom stereocenters. The molecule has 170 valence electrons. The van der Waals surface area contributed by atoms with Gasteiger partial charge < -0.3 is 19.7 Å². The SMILES string of the molecule is COc1c(Cl)ccc2sc(N3CCN(CCNC(=O)CCOc4ccccc4)CC3)nc12. The molecule has 0 radical (unpaired) electrons. The topological polar surface area (TPSA) is 66.9 Å². The number of piperazine rings is 1. The van der Waals surface area contributed by atoms with E-state index in [1.54, 1.807) is 18.4 Å². The summed E-state index contributed by atoms with van der Waals surface area (Å²) in [5, 5.41) is 4.56. The Morgan fingerprint density at radius 2 is 1.94 bits per heavy atom. The van der Waals surface area contributed by atoms with Gasteiger partial charge in [0, 0.05) is 39.3 Å². The molecule has 3 aromatic rings. The number of carbonyl (C=O) groups is 1. The lowest BCUT2D eigenvalue weighted by Gasteiger charge is -2.34. The van der Waals surface area contributed by atoms with Crippen LogP contribution in [-0.2, 0) is 4.79 Å². The van der Waals surface area contributed by atoms with Crippen molar-refractivity contribution in [3.05, 3.63) is 47.5 Å². The van der Waals surface area contributed by atoms with Gasteiger partial charge in [0.1, 0.15) is 11.3 Å². The zero-order chi connectivity index (χ0) is 22.3. The van der Waals surface area contributed by atoms with Crippen LogP contribution < -0.4 is 19.7 Å². The maximum Gasteiger partial charge on any atom is 0.223 e. The number of anilines is 1. The van der Waals surface area contributed by atoms with Crippen molar-refractivity contribution in [2.45, 2.75) is 6.42 Å². The third-order valence-electron chi connectivity index (χ3n) is 5.39. The van der Waals surface area contributed by atoms with Gasteiger partial charge >= 0.3 is 0 Å². The number of aromatic nitrogens is 1. The number of nitrogens with zero attached hydrogens (tertiary/aromatic N) is 3. The molecule has 0 saturated carbocycles. The molecule has 0 aliphatic carbocycles. The van der Waals surface area contributed by atoms with Gasteiger partial charge in [0.05, 0.1) is 29.9 Å². The highest BCUT2D eigenvalue weighted by Crippen LogP contribution is 2.38. The first-order valence-corrected chi connectivity index (χ1v) is 11.9. The third kappa shape index (κ3) is 5.62. The van der Waals surface area contributed by atoms with E-state index in [-0.39, 0.29) is 5.91 Å². The number of carbonyl (C=O) groups excluding carboxylic acids is 1. The number of fused-ring (bicyclic) bond motifs is 1. The van der Waals surface area contributed by atoms with Crippen LogP contribution in [0.25, 0.3) is 10.2 Å². The van der Waals surface area contributed by atoms with Crippen LogP contribution in [-0.4, -0.2) is 68.8 Å². The number of amides is 1. The number of rotatable bonds is 9. The highest BCUT2D eigenvalue weighted by molar-refractivity contribution is 7.22. The second-order valence-corrected chi connectivity index (χ2v) is 8.93. The van der Waals surface area contributed by atoms with Crippen molar-refractivity contribution in [3.63, 3.8) is 0 Å². The molecule has 1 aliphatic heterocycles. The van der Waals surface area contributed by atoms with E-state index in [1.165, 1.54) is 0 Å². The summed E-state index contributed by atoms with van der Waals surface area (Å²) >= 11 is 7.89. The highest BCUT2D eigenvalue weighted by Gasteiger charge is 2.21. The Bertz CT molecular complexity index is 1040. The van der Waals surface area contributed by atoms with E-state index in [1.807, 2.05) is 42.5 Å². The van der Waals surface area contributed by atoms with Gasteiger partial charge in [0.25, 0.3) is 0 Å². The summed E-state index contributed by atoms with van der Waals surface area (Å²) in [6.07, 6.45) is 0.355. The van der Waals surface area contributed by atoms with Crippen LogP contribution in [0.5, 0.6) is 11.5 Å². The molecule has 32 heavy (non-hydrogen) atoms. The van der Waals surface area contributed by atoms with Crippen molar-refractivity contribution in [1.29, 1.82) is 0 Å². The number of ether oxygens (including phenoxy) is 2. The standard InChI is InChI=1S/C23H27ClN4O3S/c1-30-22-18(24)7-8-19-21(22)26-23(32-19)28-14-12-27(13-15-28)11-10-25-20(29)9-16-31-17-5-3-2-4-6-17/h2-8H,9-16H2,1H3,(H,25,29). The van der Waals surface area contributed by atoms with E-state index in [2.05, 4.69) is 15.1 Å². The van der Waals surface area contributed by atoms with Gasteiger partial charge in [-0.3, -0.25) is 9.69 Å². The Morgan fingerprint density at radius 3 is 2.69 bits per heavy atom. The fourth-order valence-corrected chi connectivity index (χ4v) is 4.89. The van der Waals surface area contributed by atoms with Crippen LogP contribution in [0.3, 0.4) is 0 Å². The second-order valence-electron chi connectivity index (χ2n) is 7.51. The van der Waals surface area contributed by atoms with Crippen LogP contribution in [0.1, 0.15) is 6.42 Å².